The molecule has 0 fully saturated rings. The number of carboxylic acid groups (broad SMARTS) is 1. The Morgan fingerprint density at radius 3 is 2.71 bits per heavy atom. The molecule has 0 spiro atoms. The maximum Gasteiger partial charge on any atom is 0.343 e. The molecule has 1 heterocycles. The minimum atomic E-state index is -1.23. The number of ether oxygens (including phenoxy) is 2. The predicted molar refractivity (Wildman–Crippen MR) is 123 cm³/mol. The Hall–Kier alpha value is -4.12. The monoisotopic (exact) mass is 470 g/mol. The number of anilines is 1. The number of esters is 1. The largest absolute Gasteiger partial charge is 0.489 e. The summed E-state index contributed by atoms with van der Waals surface area (Å²) >= 11 is 0. The number of fused-ring (bicyclic) bond motifs is 2. The van der Waals surface area contributed by atoms with Gasteiger partial charge in [-0.15, -0.1) is 0 Å². The minimum Gasteiger partial charge on any atom is -0.489 e. The summed E-state index contributed by atoms with van der Waals surface area (Å²) in [6.07, 6.45) is 0.957. The molecule has 0 bridgehead atoms. The summed E-state index contributed by atoms with van der Waals surface area (Å²) in [5.74, 6) is -2.70. The molecule has 11 nitrogen and oxygen atoms in total. The van der Waals surface area contributed by atoms with Crippen molar-refractivity contribution < 1.29 is 34.1 Å². The van der Waals surface area contributed by atoms with Crippen LogP contribution in [0.3, 0.4) is 0 Å². The van der Waals surface area contributed by atoms with Gasteiger partial charge in [0.1, 0.15) is 6.54 Å². The van der Waals surface area contributed by atoms with Crippen LogP contribution in [0.5, 0.6) is 11.5 Å². The van der Waals surface area contributed by atoms with Crippen molar-refractivity contribution in [2.24, 2.45) is 5.73 Å². The molecule has 2 aromatic carbocycles. The van der Waals surface area contributed by atoms with Crippen molar-refractivity contribution in [3.05, 3.63) is 52.6 Å². The first kappa shape index (κ1) is 24.5. The molecular weight excluding hydrogens is 444 g/mol. The lowest BCUT2D eigenvalue weighted by molar-refractivity contribution is -0.137. The van der Waals surface area contributed by atoms with E-state index < -0.39 is 31.0 Å². The first-order valence-electron chi connectivity index (χ1n) is 10.6. The summed E-state index contributed by atoms with van der Waals surface area (Å²) in [5, 5.41) is 28.5. The van der Waals surface area contributed by atoms with Crippen LogP contribution >= 0.6 is 0 Å². The van der Waals surface area contributed by atoms with Gasteiger partial charge in [0.2, 0.25) is 0 Å². The number of nitrogens with two attached hydrogens (primary N) is 1. The van der Waals surface area contributed by atoms with Crippen LogP contribution in [0, 0.1) is 12.3 Å². The van der Waals surface area contributed by atoms with E-state index in [2.05, 4.69) is 5.32 Å². The van der Waals surface area contributed by atoms with Crippen molar-refractivity contribution in [2.75, 3.05) is 31.6 Å². The van der Waals surface area contributed by atoms with E-state index >= 15 is 0 Å². The number of aliphatic carboxylic acids is 1. The number of aliphatic hydroxyl groups is 1. The van der Waals surface area contributed by atoms with Crippen LogP contribution in [0.4, 0.5) is 5.69 Å². The van der Waals surface area contributed by atoms with Gasteiger partial charge in [-0.3, -0.25) is 15.0 Å². The number of hydrogen-bond donors (Lipinski definition) is 5. The summed E-state index contributed by atoms with van der Waals surface area (Å²) in [4.78, 5) is 38.4. The number of aryl methyl sites for hydroxylation is 2. The van der Waals surface area contributed by atoms with Gasteiger partial charge in [-0.2, -0.15) is 0 Å². The highest BCUT2D eigenvalue weighted by molar-refractivity contribution is 6.01. The normalized spacial score (nSPS) is 12.9. The van der Waals surface area contributed by atoms with E-state index in [1.54, 1.807) is 31.2 Å². The fraction of sp³-hybridized carbons (Fsp3) is 0.304. The average molecular weight is 470 g/mol. The molecule has 3 rings (SSSR count). The molecule has 0 atom stereocenters. The number of carbonyl (C=O) groups excluding carboxylic acids is 2. The zero-order valence-corrected chi connectivity index (χ0v) is 18.6. The second kappa shape index (κ2) is 10.7. The van der Waals surface area contributed by atoms with Crippen molar-refractivity contribution in [2.45, 2.75) is 19.8 Å². The third-order valence-corrected chi connectivity index (χ3v) is 5.17. The standard InChI is InChI=1S/C23H26N4O7/c1-13-4-7-17-20(19(13)21(31)27(8-9-28)12-18(29)30)33-10-2-3-14-11-15(26-23(24)25)5-6-16(14)22(32)34-17/h4-7,11,28H,2-3,8-10,12H2,1H3,(H,29,30)(H4,24,25,26). The third kappa shape index (κ3) is 5.62. The molecule has 1 aliphatic rings. The zero-order valence-electron chi connectivity index (χ0n) is 18.6. The summed E-state index contributed by atoms with van der Waals surface area (Å²) < 4.78 is 11.5. The second-order valence-electron chi connectivity index (χ2n) is 7.68. The second-order valence-corrected chi connectivity index (χ2v) is 7.68. The van der Waals surface area contributed by atoms with Crippen LogP contribution in [-0.4, -0.2) is 65.2 Å². The molecule has 0 aromatic heterocycles. The van der Waals surface area contributed by atoms with Gasteiger partial charge in [0.05, 0.1) is 24.3 Å². The maximum absolute atomic E-state index is 13.2. The first-order valence-corrected chi connectivity index (χ1v) is 10.6. The van der Waals surface area contributed by atoms with E-state index in [4.69, 9.17) is 25.7 Å². The lowest BCUT2D eigenvalue weighted by Gasteiger charge is -2.24. The first-order chi connectivity index (χ1) is 16.2. The van der Waals surface area contributed by atoms with E-state index in [0.29, 0.717) is 35.2 Å². The van der Waals surface area contributed by atoms with E-state index in [0.717, 1.165) is 4.90 Å². The van der Waals surface area contributed by atoms with Crippen LogP contribution in [0.15, 0.2) is 30.3 Å². The maximum atomic E-state index is 13.2. The van der Waals surface area contributed by atoms with Gasteiger partial charge in [-0.25, -0.2) is 4.79 Å². The molecule has 0 aliphatic carbocycles. The number of nitrogens with one attached hydrogen (secondary N) is 2. The third-order valence-electron chi connectivity index (χ3n) is 5.17. The quantitative estimate of drug-likeness (QED) is 0.181. The number of aliphatic hydroxyl groups excluding tert-OH is 1. The minimum absolute atomic E-state index is 0.0250. The van der Waals surface area contributed by atoms with Gasteiger partial charge >= 0.3 is 11.9 Å². The van der Waals surface area contributed by atoms with E-state index in [-0.39, 0.29) is 36.2 Å². The summed E-state index contributed by atoms with van der Waals surface area (Å²) in [6.45, 7) is 0.649. The molecule has 11 heteroatoms. The van der Waals surface area contributed by atoms with E-state index in [1.807, 2.05) is 0 Å². The Morgan fingerprint density at radius 2 is 2.03 bits per heavy atom. The Kier molecular flexibility index (Phi) is 7.69. The van der Waals surface area contributed by atoms with Crippen molar-refractivity contribution in [1.29, 1.82) is 5.41 Å². The zero-order chi connectivity index (χ0) is 24.8. The molecule has 6 N–H and O–H groups in total. The fourth-order valence-corrected chi connectivity index (χ4v) is 3.67. The van der Waals surface area contributed by atoms with Gasteiger partial charge in [0, 0.05) is 12.2 Å². The highest BCUT2D eigenvalue weighted by Gasteiger charge is 2.28. The van der Waals surface area contributed by atoms with Crippen LogP contribution in [0.25, 0.3) is 0 Å². The number of rotatable bonds is 6. The predicted octanol–water partition coefficient (Wildman–Crippen LogP) is 1.36. The number of hydrogen-bond acceptors (Lipinski definition) is 7. The number of carboxylic acids is 1. The van der Waals surface area contributed by atoms with Gasteiger partial charge in [0.15, 0.2) is 17.5 Å². The lowest BCUT2D eigenvalue weighted by atomic mass is 10.0. The average Bonchev–Trinajstić information content (AvgIpc) is 2.76. The van der Waals surface area contributed by atoms with Crippen LogP contribution in [-0.2, 0) is 11.2 Å². The van der Waals surface area contributed by atoms with Gasteiger partial charge in [-0.05, 0) is 55.2 Å². The SMILES string of the molecule is Cc1ccc2c(c1C(=O)N(CCO)CC(=O)O)OCCCc1cc(NC(=N)N)ccc1C(=O)O2. The van der Waals surface area contributed by atoms with Crippen LogP contribution in [0.1, 0.15) is 38.3 Å². The molecule has 180 valence electrons. The smallest absolute Gasteiger partial charge is 0.343 e. The highest BCUT2D eigenvalue weighted by atomic mass is 16.6. The van der Waals surface area contributed by atoms with Gasteiger partial charge in [0.25, 0.3) is 5.91 Å². The van der Waals surface area contributed by atoms with Crippen molar-refractivity contribution in [3.8, 4) is 11.5 Å². The number of carbonyl (C=O) groups is 3. The molecule has 0 radical (unpaired) electrons. The Morgan fingerprint density at radius 1 is 1.26 bits per heavy atom. The molecule has 0 saturated carbocycles. The Balaban J connectivity index is 2.01. The van der Waals surface area contributed by atoms with Crippen molar-refractivity contribution >= 4 is 29.5 Å². The topological polar surface area (TPSA) is 175 Å². The summed E-state index contributed by atoms with van der Waals surface area (Å²) in [7, 11) is 0. The van der Waals surface area contributed by atoms with Crippen LogP contribution < -0.4 is 20.5 Å². The number of guanidine groups is 1. The molecule has 1 aliphatic heterocycles. The Bertz CT molecular complexity index is 1130. The molecular formula is C23H26N4O7. The summed E-state index contributed by atoms with van der Waals surface area (Å²) in [6, 6.07) is 7.98. The van der Waals surface area contributed by atoms with E-state index in [9.17, 15) is 19.5 Å². The molecule has 0 saturated heterocycles. The molecule has 0 unspecified atom stereocenters. The van der Waals surface area contributed by atoms with Crippen molar-refractivity contribution in [3.63, 3.8) is 0 Å². The Labute approximate surface area is 195 Å². The summed E-state index contributed by atoms with van der Waals surface area (Å²) in [5.41, 5.74) is 7.52. The van der Waals surface area contributed by atoms with Crippen LogP contribution in [0.2, 0.25) is 0 Å². The lowest BCUT2D eigenvalue weighted by Crippen LogP contribution is -2.38. The number of amides is 1. The molecule has 2 aromatic rings. The molecule has 34 heavy (non-hydrogen) atoms. The van der Waals surface area contributed by atoms with E-state index in [1.165, 1.54) is 6.07 Å². The van der Waals surface area contributed by atoms with Gasteiger partial charge in [-0.1, -0.05) is 6.07 Å². The van der Waals surface area contributed by atoms with Crippen molar-refractivity contribution in [1.82, 2.24) is 4.90 Å². The van der Waals surface area contributed by atoms with Gasteiger partial charge < -0.3 is 35.6 Å². The number of benzene rings is 2. The fourth-order valence-electron chi connectivity index (χ4n) is 3.67. The molecule has 1 amide bonds. The number of nitrogens with zero attached hydrogens (tertiary/aromatic N) is 1. The highest BCUT2D eigenvalue weighted by Crippen LogP contribution is 2.36.